The van der Waals surface area contributed by atoms with Gasteiger partial charge < -0.3 is 102 Å². The van der Waals surface area contributed by atoms with Gasteiger partial charge in [0.05, 0.1) is 6.04 Å². The number of unbranched alkanes of at least 4 members (excludes halogenated alkanes) is 4. The summed E-state index contributed by atoms with van der Waals surface area (Å²) in [5.74, 6) is -10.8. The van der Waals surface area contributed by atoms with E-state index in [9.17, 15) is 53.4 Å². The predicted octanol–water partition coefficient (Wildman–Crippen LogP) is 3.10. The van der Waals surface area contributed by atoms with Gasteiger partial charge in [-0.2, -0.15) is 0 Å². The number of carbonyl (C=O) groups excluding carboxylic acids is 12. The lowest BCUT2D eigenvalue weighted by atomic mass is 9.98. The molecule has 1 aliphatic rings. The van der Waals surface area contributed by atoms with Crippen molar-refractivity contribution in [2.45, 2.75) is 275 Å². The first kappa shape index (κ1) is 101. The molecule has 1 heterocycles. The Balaban J connectivity index is 1.40. The number of nitrogens with one attached hydrogen (secondary N) is 11. The number of likely N-dealkylation sites (tertiary alicyclic amines) is 1. The van der Waals surface area contributed by atoms with Crippen LogP contribution in [0.25, 0.3) is 0 Å². The molecule has 0 unspecified atom stereocenters. The number of aliphatic carboxylic acids is 1. The van der Waals surface area contributed by atoms with Crippen LogP contribution in [-0.2, 0) is 88.0 Å². The Kier molecular flexibility index (Phi) is 45.2. The van der Waals surface area contributed by atoms with E-state index in [1.54, 1.807) is 103 Å². The van der Waals surface area contributed by atoms with E-state index in [0.29, 0.717) is 106 Å². The van der Waals surface area contributed by atoms with E-state index in [4.69, 9.17) is 28.7 Å². The highest BCUT2D eigenvalue weighted by atomic mass is 16.4. The number of amides is 12. The van der Waals surface area contributed by atoms with Gasteiger partial charge in [-0.3, -0.25) is 57.5 Å². The molecule has 0 saturated carbocycles. The monoisotopic (exact) mass is 1680 g/mol. The first-order valence-corrected chi connectivity index (χ1v) is 43.1. The maximum absolute atomic E-state index is 15.3. The topological polar surface area (TPSA) is 528 Å². The van der Waals surface area contributed by atoms with Gasteiger partial charge in [0, 0.05) is 32.2 Å². The van der Waals surface area contributed by atoms with Gasteiger partial charge in [0.2, 0.25) is 70.9 Å². The van der Waals surface area contributed by atoms with Gasteiger partial charge >= 0.3 is 5.97 Å². The average molecular weight is 1690 g/mol. The predicted molar refractivity (Wildman–Crippen MR) is 463 cm³/mol. The van der Waals surface area contributed by atoms with E-state index in [2.05, 4.69) is 58.5 Å². The van der Waals surface area contributed by atoms with Gasteiger partial charge in [0.15, 0.2) is 0 Å². The molecule has 12 amide bonds. The van der Waals surface area contributed by atoms with Crippen LogP contribution in [0.2, 0.25) is 0 Å². The number of carboxylic acids is 1. The number of nitrogens with two attached hydrogens (primary N) is 5. The third kappa shape index (κ3) is 36.8. The summed E-state index contributed by atoms with van der Waals surface area (Å²) in [6.07, 6.45) is 5.11. The summed E-state index contributed by atoms with van der Waals surface area (Å²) in [6, 6.07) is 15.8. The molecule has 1 saturated heterocycles. The van der Waals surface area contributed by atoms with E-state index in [-0.39, 0.29) is 120 Å². The third-order valence-corrected chi connectivity index (χ3v) is 21.0. The summed E-state index contributed by atoms with van der Waals surface area (Å²) in [6.45, 7) is 16.1. The number of rotatable bonds is 56. The molecule has 0 spiro atoms. The van der Waals surface area contributed by atoms with Gasteiger partial charge in [-0.15, -0.1) is 0 Å². The zero-order valence-corrected chi connectivity index (χ0v) is 71.9. The van der Waals surface area contributed by atoms with Crippen molar-refractivity contribution < 1.29 is 72.5 Å². The van der Waals surface area contributed by atoms with Crippen molar-refractivity contribution in [1.82, 2.24) is 63.4 Å². The summed E-state index contributed by atoms with van der Waals surface area (Å²) in [4.78, 5) is 190. The number of phenols is 1. The standard InChI is InChI=1S/C89H137N17O15/c1-55(2)47-68(98-80(111)67(36-21-25-45-93)97-79(110)66(35-20-24-44-92)96-78(109)65(34-19-23-43-91)95-77(108)64(94)33-18-22-42-90)81(112)99-69(48-56(3)4)82(113)104-74(50-58(7)8)88(119)106-46-26-37-76(106)87(118)103-73(52-60-29-14-10-15-30-60)86(117)102-72(53-62-38-40-63(107)41-39-62)85(116)101-71(51-59-27-12-9-13-28-59)84(115)100-70(49-57(5)6)83(114)105-75(89(120)121)54-61-31-16-11-17-32-61/h9-17,27-32,38-41,55-58,64-76,107H,18-26,33-37,42-54,90-94H2,1-8H3,(H,95,108)(H,96,109)(H,97,110)(H,98,111)(H,99,112)(H,100,115)(H,101,116)(H,102,117)(H,103,118)(H,104,113)(H,105,114)(H,120,121)/t64-,65-,66-,67-,68-,69-,70-,71-,72-,73-,74-,75-,76-/m0/s1. The Labute approximate surface area is 713 Å². The molecular formula is C89H137N17O15. The second-order valence-corrected chi connectivity index (χ2v) is 33.4. The Morgan fingerprint density at radius 1 is 0.339 bits per heavy atom. The molecule has 23 N–H and O–H groups in total. The van der Waals surface area contributed by atoms with Crippen molar-refractivity contribution in [2.24, 2.45) is 52.3 Å². The highest BCUT2D eigenvalue weighted by molar-refractivity contribution is 6.00. The molecule has 4 aromatic carbocycles. The van der Waals surface area contributed by atoms with Crippen LogP contribution in [-0.4, -0.2) is 203 Å². The molecule has 668 valence electrons. The minimum atomic E-state index is -1.48. The Hall–Kier alpha value is -10.4. The molecular weight excluding hydrogens is 1550 g/mol. The maximum atomic E-state index is 15.3. The summed E-state index contributed by atoms with van der Waals surface area (Å²) < 4.78 is 0. The number of hydrogen-bond acceptors (Lipinski definition) is 19. The van der Waals surface area contributed by atoms with Crippen molar-refractivity contribution in [3.8, 4) is 5.75 Å². The highest BCUT2D eigenvalue weighted by Gasteiger charge is 2.42. The zero-order valence-electron chi connectivity index (χ0n) is 71.9. The van der Waals surface area contributed by atoms with E-state index in [1.165, 1.54) is 17.0 Å². The van der Waals surface area contributed by atoms with Crippen LogP contribution in [0.5, 0.6) is 5.75 Å². The van der Waals surface area contributed by atoms with Crippen LogP contribution in [0.15, 0.2) is 115 Å². The molecule has 32 nitrogen and oxygen atoms in total. The number of nitrogens with zero attached hydrogens (tertiary/aromatic N) is 1. The molecule has 0 aliphatic carbocycles. The Bertz CT molecular complexity index is 3900. The van der Waals surface area contributed by atoms with Gasteiger partial charge in [-0.25, -0.2) is 4.79 Å². The fraction of sp³-hybridized carbons (Fsp3) is 0.584. The van der Waals surface area contributed by atoms with E-state index >= 15 is 19.2 Å². The summed E-state index contributed by atoms with van der Waals surface area (Å²) in [5.41, 5.74) is 31.8. The number of benzene rings is 4. The lowest BCUT2D eigenvalue weighted by Gasteiger charge is -2.32. The van der Waals surface area contributed by atoms with Gasteiger partial charge in [0.1, 0.15) is 78.3 Å². The fourth-order valence-electron chi connectivity index (χ4n) is 14.5. The van der Waals surface area contributed by atoms with E-state index in [1.807, 2.05) is 55.4 Å². The van der Waals surface area contributed by atoms with Crippen molar-refractivity contribution in [1.29, 1.82) is 0 Å². The van der Waals surface area contributed by atoms with Crippen LogP contribution < -0.4 is 87.2 Å². The lowest BCUT2D eigenvalue weighted by Crippen LogP contribution is -2.61. The summed E-state index contributed by atoms with van der Waals surface area (Å²) in [5, 5.41) is 51.6. The molecule has 32 heteroatoms. The molecule has 0 bridgehead atoms. The van der Waals surface area contributed by atoms with Gasteiger partial charge in [-0.1, -0.05) is 165 Å². The normalized spacial score (nSPS) is 15.6. The summed E-state index contributed by atoms with van der Waals surface area (Å²) >= 11 is 0. The molecule has 13 atom stereocenters. The number of carboxylic acid groups (broad SMARTS) is 1. The van der Waals surface area contributed by atoms with Gasteiger partial charge in [0.25, 0.3) is 0 Å². The second kappa shape index (κ2) is 54.1. The molecule has 5 rings (SSSR count). The maximum Gasteiger partial charge on any atom is 0.326 e. The first-order valence-electron chi connectivity index (χ1n) is 43.1. The minimum absolute atomic E-state index is 0.0453. The van der Waals surface area contributed by atoms with Crippen LogP contribution in [0.3, 0.4) is 0 Å². The molecule has 0 aromatic heterocycles. The number of hydrogen-bond donors (Lipinski definition) is 18. The van der Waals surface area contributed by atoms with Crippen molar-refractivity contribution in [2.75, 3.05) is 32.7 Å². The number of phenolic OH excluding ortho intramolecular Hbond substituents is 1. The largest absolute Gasteiger partial charge is 0.508 e. The van der Waals surface area contributed by atoms with Crippen LogP contribution >= 0.6 is 0 Å². The second-order valence-electron chi connectivity index (χ2n) is 33.4. The Morgan fingerprint density at radius 3 is 0.959 bits per heavy atom. The van der Waals surface area contributed by atoms with Crippen LogP contribution in [0, 0.1) is 23.7 Å². The first-order chi connectivity index (χ1) is 57.7. The van der Waals surface area contributed by atoms with Crippen molar-refractivity contribution >= 4 is 76.9 Å². The lowest BCUT2D eigenvalue weighted by molar-refractivity contribution is -0.143. The quantitative estimate of drug-likeness (QED) is 0.0282. The minimum Gasteiger partial charge on any atom is -0.508 e. The van der Waals surface area contributed by atoms with Crippen LogP contribution in [0.4, 0.5) is 0 Å². The smallest absolute Gasteiger partial charge is 0.326 e. The molecule has 1 fully saturated rings. The van der Waals surface area contributed by atoms with Crippen molar-refractivity contribution in [3.63, 3.8) is 0 Å². The third-order valence-electron chi connectivity index (χ3n) is 21.0. The van der Waals surface area contributed by atoms with E-state index in [0.717, 1.165) is 0 Å². The molecule has 121 heavy (non-hydrogen) atoms. The molecule has 0 radical (unpaired) electrons. The SMILES string of the molecule is CC(C)C[C@H](NC(=O)[C@H](Cc1ccccc1)NC(=O)[C@H](Cc1ccc(O)cc1)NC(=O)[C@H](Cc1ccccc1)NC(=O)[C@@H]1CCCN1C(=O)[C@H](CC(C)C)NC(=O)[C@H](CC(C)C)NC(=O)[C@H](CC(C)C)NC(=O)[C@H](CCCCN)NC(=O)[C@H](CCCCN)NC(=O)[C@H](CCCCN)NC(=O)[C@@H](N)CCCCN)C(=O)N[C@@H](Cc1ccccc1)C(=O)O. The summed E-state index contributed by atoms with van der Waals surface area (Å²) in [7, 11) is 0. The van der Waals surface area contributed by atoms with Crippen molar-refractivity contribution in [3.05, 3.63) is 138 Å². The Morgan fingerprint density at radius 2 is 0.612 bits per heavy atom. The number of carbonyl (C=O) groups is 13. The van der Waals surface area contributed by atoms with Gasteiger partial charge in [-0.05, 0) is 193 Å². The zero-order chi connectivity index (χ0) is 89.1. The average Bonchev–Trinajstić information content (AvgIpc) is 1.84. The molecule has 1 aliphatic heterocycles. The van der Waals surface area contributed by atoms with Crippen LogP contribution in [0.1, 0.15) is 193 Å². The fourth-order valence-corrected chi connectivity index (χ4v) is 14.5. The molecule has 4 aromatic rings. The highest BCUT2D eigenvalue weighted by Crippen LogP contribution is 2.24. The number of aromatic hydroxyl groups is 1. The van der Waals surface area contributed by atoms with E-state index < -0.39 is 155 Å².